The maximum Gasteiger partial charge on any atom is 0.261 e. The lowest BCUT2D eigenvalue weighted by atomic mass is 9.75. The molecule has 0 unspecified atom stereocenters. The summed E-state index contributed by atoms with van der Waals surface area (Å²) in [7, 11) is -7.33. The SMILES string of the molecule is CS(=O)(=O)O.CS(=O)(=O)O.OCC1(CO)CCCCC1. The van der Waals surface area contributed by atoms with Gasteiger partial charge in [-0.1, -0.05) is 19.3 Å². The monoisotopic (exact) mass is 336 g/mol. The van der Waals surface area contributed by atoms with Gasteiger partial charge in [0.1, 0.15) is 0 Å². The third-order valence-corrected chi connectivity index (χ3v) is 2.59. The van der Waals surface area contributed by atoms with Gasteiger partial charge in [0.15, 0.2) is 0 Å². The molecule has 1 aliphatic rings. The first-order valence-electron chi connectivity index (χ1n) is 5.89. The van der Waals surface area contributed by atoms with E-state index in [2.05, 4.69) is 0 Å². The molecule has 0 aromatic carbocycles. The smallest absolute Gasteiger partial charge is 0.261 e. The van der Waals surface area contributed by atoms with Crippen LogP contribution in [-0.4, -0.2) is 61.9 Å². The zero-order chi connectivity index (χ0) is 16.4. The molecule has 20 heavy (non-hydrogen) atoms. The van der Waals surface area contributed by atoms with E-state index >= 15 is 0 Å². The van der Waals surface area contributed by atoms with E-state index in [-0.39, 0.29) is 18.6 Å². The highest BCUT2D eigenvalue weighted by Crippen LogP contribution is 2.34. The number of hydrogen-bond donors (Lipinski definition) is 4. The lowest BCUT2D eigenvalue weighted by Gasteiger charge is -2.33. The average Bonchev–Trinajstić information content (AvgIpc) is 2.25. The lowest BCUT2D eigenvalue weighted by Crippen LogP contribution is -2.31. The van der Waals surface area contributed by atoms with Crippen LogP contribution in [0.4, 0.5) is 0 Å². The van der Waals surface area contributed by atoms with Crippen LogP contribution in [0.1, 0.15) is 32.1 Å². The largest absolute Gasteiger partial charge is 0.396 e. The fourth-order valence-corrected chi connectivity index (χ4v) is 1.67. The highest BCUT2D eigenvalue weighted by atomic mass is 32.2. The van der Waals surface area contributed by atoms with Crippen molar-refractivity contribution < 1.29 is 36.2 Å². The summed E-state index contributed by atoms with van der Waals surface area (Å²) in [5.74, 6) is 0. The summed E-state index contributed by atoms with van der Waals surface area (Å²) < 4.78 is 51.7. The van der Waals surface area contributed by atoms with E-state index in [0.717, 1.165) is 12.8 Å². The van der Waals surface area contributed by atoms with Crippen molar-refractivity contribution in [1.82, 2.24) is 0 Å². The van der Waals surface area contributed by atoms with Gasteiger partial charge in [-0.15, -0.1) is 0 Å². The average molecular weight is 336 g/mol. The van der Waals surface area contributed by atoms with E-state index in [1.807, 2.05) is 0 Å². The minimum Gasteiger partial charge on any atom is -0.396 e. The van der Waals surface area contributed by atoms with E-state index in [4.69, 9.17) is 19.3 Å². The van der Waals surface area contributed by atoms with Gasteiger partial charge >= 0.3 is 0 Å². The van der Waals surface area contributed by atoms with Crippen LogP contribution in [0.25, 0.3) is 0 Å². The Bertz CT molecular complexity index is 382. The van der Waals surface area contributed by atoms with Crippen molar-refractivity contribution >= 4 is 20.2 Å². The van der Waals surface area contributed by atoms with Crippen LogP contribution >= 0.6 is 0 Å². The van der Waals surface area contributed by atoms with Crippen molar-refractivity contribution in [3.63, 3.8) is 0 Å². The van der Waals surface area contributed by atoms with Crippen LogP contribution in [0, 0.1) is 5.41 Å². The van der Waals surface area contributed by atoms with Crippen LogP contribution in [0.3, 0.4) is 0 Å². The first kappa shape index (κ1) is 22.0. The summed E-state index contributed by atoms with van der Waals surface area (Å²) >= 11 is 0. The van der Waals surface area contributed by atoms with Crippen molar-refractivity contribution in [2.75, 3.05) is 25.7 Å². The minimum absolute atomic E-state index is 0.127. The Hall–Kier alpha value is -0.260. The van der Waals surface area contributed by atoms with E-state index in [0.29, 0.717) is 12.5 Å². The topological polar surface area (TPSA) is 149 Å². The second-order valence-corrected chi connectivity index (χ2v) is 7.78. The second-order valence-electron chi connectivity index (χ2n) is 4.84. The molecule has 0 spiro atoms. The lowest BCUT2D eigenvalue weighted by molar-refractivity contribution is 0.0234. The number of rotatable bonds is 2. The van der Waals surface area contributed by atoms with E-state index < -0.39 is 20.2 Å². The quantitative estimate of drug-likeness (QED) is 0.512. The highest BCUT2D eigenvalue weighted by molar-refractivity contribution is 7.85. The van der Waals surface area contributed by atoms with Gasteiger partial charge < -0.3 is 10.2 Å². The van der Waals surface area contributed by atoms with Gasteiger partial charge in [-0.05, 0) is 12.8 Å². The molecule has 0 saturated heterocycles. The maximum absolute atomic E-state index is 9.19. The number of aliphatic hydroxyl groups is 2. The molecule has 0 radical (unpaired) electrons. The summed E-state index contributed by atoms with van der Waals surface area (Å²) in [6, 6.07) is 0. The van der Waals surface area contributed by atoms with E-state index in [1.54, 1.807) is 0 Å². The fraction of sp³-hybridized carbons (Fsp3) is 1.00. The fourth-order valence-electron chi connectivity index (χ4n) is 1.67. The van der Waals surface area contributed by atoms with Crippen molar-refractivity contribution in [3.8, 4) is 0 Å². The molecule has 4 N–H and O–H groups in total. The Balaban J connectivity index is 0. The molecule has 1 rings (SSSR count). The summed E-state index contributed by atoms with van der Waals surface area (Å²) in [6.07, 6.45) is 7.03. The summed E-state index contributed by atoms with van der Waals surface area (Å²) in [5.41, 5.74) is -0.127. The van der Waals surface area contributed by atoms with Gasteiger partial charge in [0, 0.05) is 5.41 Å². The molecule has 0 heterocycles. The zero-order valence-electron chi connectivity index (χ0n) is 11.7. The highest BCUT2D eigenvalue weighted by Gasteiger charge is 2.30. The normalized spacial score (nSPS) is 18.1. The van der Waals surface area contributed by atoms with Gasteiger partial charge in [0.2, 0.25) is 0 Å². The second kappa shape index (κ2) is 9.64. The van der Waals surface area contributed by atoms with Gasteiger partial charge in [-0.2, -0.15) is 16.8 Å². The molecule has 0 aromatic heterocycles. The van der Waals surface area contributed by atoms with E-state index in [9.17, 15) is 16.8 Å². The van der Waals surface area contributed by atoms with Gasteiger partial charge in [-0.25, -0.2) is 0 Å². The molecule has 0 aliphatic heterocycles. The van der Waals surface area contributed by atoms with Crippen LogP contribution in [0.5, 0.6) is 0 Å². The Morgan fingerprint density at radius 2 is 1.05 bits per heavy atom. The summed E-state index contributed by atoms with van der Waals surface area (Å²) in [5, 5.41) is 18.0. The van der Waals surface area contributed by atoms with Gasteiger partial charge in [-0.3, -0.25) is 9.11 Å². The molecule has 10 heteroatoms. The molecule has 0 bridgehead atoms. The van der Waals surface area contributed by atoms with E-state index in [1.165, 1.54) is 19.3 Å². The summed E-state index contributed by atoms with van der Waals surface area (Å²) in [4.78, 5) is 0. The predicted octanol–water partition coefficient (Wildman–Crippen LogP) is -0.0705. The molecular weight excluding hydrogens is 312 g/mol. The van der Waals surface area contributed by atoms with Gasteiger partial charge in [0.05, 0.1) is 25.7 Å². The predicted molar refractivity (Wildman–Crippen MR) is 74.6 cm³/mol. The van der Waals surface area contributed by atoms with Crippen molar-refractivity contribution in [2.24, 2.45) is 5.41 Å². The molecule has 0 aromatic rings. The van der Waals surface area contributed by atoms with Crippen molar-refractivity contribution in [1.29, 1.82) is 0 Å². The van der Waals surface area contributed by atoms with Crippen molar-refractivity contribution in [2.45, 2.75) is 32.1 Å². The Labute approximate surface area is 120 Å². The van der Waals surface area contributed by atoms with Crippen LogP contribution in [-0.2, 0) is 20.2 Å². The zero-order valence-corrected chi connectivity index (χ0v) is 13.3. The molecule has 0 atom stereocenters. The molecule has 1 aliphatic carbocycles. The Morgan fingerprint density at radius 1 is 0.800 bits per heavy atom. The third-order valence-electron chi connectivity index (χ3n) is 2.59. The van der Waals surface area contributed by atoms with Crippen molar-refractivity contribution in [3.05, 3.63) is 0 Å². The summed E-state index contributed by atoms with van der Waals surface area (Å²) in [6.45, 7) is 0.312. The Kier molecular flexibility index (Phi) is 10.6. The molecule has 0 amide bonds. The number of hydrogen-bond acceptors (Lipinski definition) is 6. The molecular formula is C10H24O8S2. The standard InChI is InChI=1S/C8H16O2.2CH4O3S/c9-6-8(7-10)4-2-1-3-5-8;2*1-5(2,3)4/h9-10H,1-7H2;2*1H3,(H,2,3,4). The molecule has 8 nitrogen and oxygen atoms in total. The van der Waals surface area contributed by atoms with Crippen LogP contribution in [0.2, 0.25) is 0 Å². The molecule has 1 fully saturated rings. The minimum atomic E-state index is -3.67. The molecule has 1 saturated carbocycles. The molecule has 124 valence electrons. The first-order valence-corrected chi connectivity index (χ1v) is 9.59. The Morgan fingerprint density at radius 3 is 1.20 bits per heavy atom. The van der Waals surface area contributed by atoms with Crippen LogP contribution < -0.4 is 0 Å². The van der Waals surface area contributed by atoms with Crippen LogP contribution in [0.15, 0.2) is 0 Å². The first-order chi connectivity index (χ1) is 8.83. The number of aliphatic hydroxyl groups excluding tert-OH is 2. The van der Waals surface area contributed by atoms with Gasteiger partial charge in [0.25, 0.3) is 20.2 Å². The maximum atomic E-state index is 9.19. The third kappa shape index (κ3) is 20.1.